The number of imidazole rings is 1. The summed E-state index contributed by atoms with van der Waals surface area (Å²) < 4.78 is 2.19. The molecular formula is C18H28N4. The fraction of sp³-hybridized carbons (Fsp3) is 0.611. The number of piperazine rings is 1. The van der Waals surface area contributed by atoms with Crippen LogP contribution in [0.3, 0.4) is 0 Å². The quantitative estimate of drug-likeness (QED) is 0.867. The van der Waals surface area contributed by atoms with Crippen LogP contribution in [0.2, 0.25) is 0 Å². The van der Waals surface area contributed by atoms with Gasteiger partial charge in [-0.3, -0.25) is 9.80 Å². The lowest BCUT2D eigenvalue weighted by atomic mass is 10.1. The fourth-order valence-corrected chi connectivity index (χ4v) is 3.72. The van der Waals surface area contributed by atoms with Crippen LogP contribution in [0, 0.1) is 6.92 Å². The molecule has 0 aromatic carbocycles. The van der Waals surface area contributed by atoms with E-state index >= 15 is 0 Å². The van der Waals surface area contributed by atoms with Gasteiger partial charge < -0.3 is 4.40 Å². The first kappa shape index (κ1) is 15.5. The minimum atomic E-state index is 0.641. The summed E-state index contributed by atoms with van der Waals surface area (Å²) in [6.07, 6.45) is 3.32. The summed E-state index contributed by atoms with van der Waals surface area (Å²) in [7, 11) is 0. The number of hydrogen-bond donors (Lipinski definition) is 0. The Morgan fingerprint density at radius 1 is 1.27 bits per heavy atom. The van der Waals surface area contributed by atoms with Crippen molar-refractivity contribution in [2.75, 3.05) is 19.6 Å². The number of rotatable bonds is 4. The molecule has 0 amide bonds. The molecule has 0 spiro atoms. The summed E-state index contributed by atoms with van der Waals surface area (Å²) in [6.45, 7) is 13.4. The highest BCUT2D eigenvalue weighted by Gasteiger charge is 2.27. The Morgan fingerprint density at radius 2 is 2.09 bits per heavy atom. The predicted octanol–water partition coefficient (Wildman–Crippen LogP) is 2.95. The van der Waals surface area contributed by atoms with Crippen molar-refractivity contribution in [3.8, 4) is 0 Å². The van der Waals surface area contributed by atoms with E-state index in [1.54, 1.807) is 0 Å². The van der Waals surface area contributed by atoms with Crippen LogP contribution in [-0.4, -0.2) is 50.9 Å². The van der Waals surface area contributed by atoms with Crippen LogP contribution in [0.25, 0.3) is 5.52 Å². The van der Waals surface area contributed by atoms with Crippen molar-refractivity contribution in [3.05, 3.63) is 35.9 Å². The molecule has 2 aromatic rings. The maximum atomic E-state index is 4.80. The highest BCUT2D eigenvalue weighted by atomic mass is 15.3. The average molecular weight is 300 g/mol. The molecule has 0 saturated carbocycles. The molecule has 0 unspecified atom stereocenters. The van der Waals surface area contributed by atoms with Gasteiger partial charge in [0.05, 0.1) is 11.2 Å². The Bertz CT molecular complexity index is 631. The lowest BCUT2D eigenvalue weighted by Crippen LogP contribution is -2.54. The molecule has 3 rings (SSSR count). The summed E-state index contributed by atoms with van der Waals surface area (Å²) in [6, 6.07) is 7.66. The van der Waals surface area contributed by atoms with E-state index in [2.05, 4.69) is 66.3 Å². The molecule has 1 saturated heterocycles. The fourth-order valence-electron chi connectivity index (χ4n) is 3.72. The van der Waals surface area contributed by atoms with Gasteiger partial charge in [0.2, 0.25) is 0 Å². The zero-order chi connectivity index (χ0) is 15.7. The van der Waals surface area contributed by atoms with Crippen molar-refractivity contribution in [3.63, 3.8) is 0 Å². The van der Waals surface area contributed by atoms with Gasteiger partial charge in [-0.05, 0) is 39.3 Å². The summed E-state index contributed by atoms with van der Waals surface area (Å²) in [5, 5.41) is 0. The van der Waals surface area contributed by atoms with E-state index in [9.17, 15) is 0 Å². The van der Waals surface area contributed by atoms with Crippen LogP contribution in [0.4, 0.5) is 0 Å². The van der Waals surface area contributed by atoms with Gasteiger partial charge in [-0.1, -0.05) is 13.0 Å². The van der Waals surface area contributed by atoms with Crippen LogP contribution < -0.4 is 0 Å². The molecule has 0 aliphatic carbocycles. The van der Waals surface area contributed by atoms with Crippen molar-refractivity contribution >= 4 is 5.52 Å². The number of pyridine rings is 1. The minimum absolute atomic E-state index is 0.641. The third-order valence-corrected chi connectivity index (χ3v) is 4.92. The van der Waals surface area contributed by atoms with Gasteiger partial charge in [0.15, 0.2) is 0 Å². The van der Waals surface area contributed by atoms with E-state index in [1.165, 1.54) is 24.2 Å². The van der Waals surface area contributed by atoms with Crippen LogP contribution in [0.1, 0.15) is 38.7 Å². The Kier molecular flexibility index (Phi) is 4.50. The van der Waals surface area contributed by atoms with Crippen LogP contribution in [-0.2, 0) is 6.54 Å². The topological polar surface area (TPSA) is 23.8 Å². The van der Waals surface area contributed by atoms with E-state index in [0.717, 1.165) is 25.5 Å². The average Bonchev–Trinajstić information content (AvgIpc) is 2.83. The number of aromatic nitrogens is 2. The summed E-state index contributed by atoms with van der Waals surface area (Å²) in [4.78, 5) is 10.0. The van der Waals surface area contributed by atoms with Gasteiger partial charge in [0.25, 0.3) is 0 Å². The Morgan fingerprint density at radius 3 is 2.82 bits per heavy atom. The van der Waals surface area contributed by atoms with Crippen LogP contribution in [0.15, 0.2) is 24.4 Å². The highest BCUT2D eigenvalue weighted by Crippen LogP contribution is 2.20. The predicted molar refractivity (Wildman–Crippen MR) is 91.1 cm³/mol. The smallest absolute Gasteiger partial charge is 0.110 e. The molecule has 1 aliphatic rings. The van der Waals surface area contributed by atoms with Crippen LogP contribution >= 0.6 is 0 Å². The first-order valence-electron chi connectivity index (χ1n) is 8.50. The van der Waals surface area contributed by atoms with Crippen molar-refractivity contribution in [1.82, 2.24) is 19.2 Å². The molecule has 1 atom stereocenters. The van der Waals surface area contributed by atoms with Crippen molar-refractivity contribution < 1.29 is 0 Å². The number of aryl methyl sites for hydroxylation is 1. The lowest BCUT2D eigenvalue weighted by Gasteiger charge is -2.43. The molecule has 2 aromatic heterocycles. The third-order valence-electron chi connectivity index (χ3n) is 4.92. The minimum Gasteiger partial charge on any atom is -0.304 e. The second-order valence-electron chi connectivity index (χ2n) is 6.69. The zero-order valence-corrected chi connectivity index (χ0v) is 14.3. The van der Waals surface area contributed by atoms with Gasteiger partial charge in [0.1, 0.15) is 5.82 Å². The second-order valence-corrected chi connectivity index (χ2v) is 6.69. The maximum absolute atomic E-state index is 4.80. The molecule has 4 heteroatoms. The molecular weight excluding hydrogens is 272 g/mol. The maximum Gasteiger partial charge on any atom is 0.110 e. The van der Waals surface area contributed by atoms with Crippen molar-refractivity contribution in [1.29, 1.82) is 0 Å². The Balaban J connectivity index is 1.76. The molecule has 0 radical (unpaired) electrons. The SMILES string of the molecule is CC[C@@H]1CN(Cc2nc(C)n3ccccc23)CCN1C(C)C. The second kappa shape index (κ2) is 6.39. The molecule has 120 valence electrons. The largest absolute Gasteiger partial charge is 0.304 e. The molecule has 0 bridgehead atoms. The first-order chi connectivity index (χ1) is 10.6. The zero-order valence-electron chi connectivity index (χ0n) is 14.3. The van der Waals surface area contributed by atoms with E-state index in [0.29, 0.717) is 12.1 Å². The van der Waals surface area contributed by atoms with Crippen molar-refractivity contribution in [2.45, 2.75) is 52.7 Å². The molecule has 4 nitrogen and oxygen atoms in total. The molecule has 1 fully saturated rings. The third kappa shape index (κ3) is 2.90. The van der Waals surface area contributed by atoms with Crippen molar-refractivity contribution in [2.24, 2.45) is 0 Å². The standard InChI is InChI=1S/C18H28N4/c1-5-16-12-20(10-11-21(16)14(2)3)13-17-18-8-6-7-9-22(18)15(4)19-17/h6-9,14,16H,5,10-13H2,1-4H3/t16-/m1/s1. The summed E-state index contributed by atoms with van der Waals surface area (Å²) in [5.74, 6) is 1.08. The molecule has 22 heavy (non-hydrogen) atoms. The van der Waals surface area contributed by atoms with E-state index in [1.807, 2.05) is 0 Å². The Labute approximate surface area is 133 Å². The van der Waals surface area contributed by atoms with E-state index in [-0.39, 0.29) is 0 Å². The Hall–Kier alpha value is -1.39. The van der Waals surface area contributed by atoms with Gasteiger partial charge in [-0.25, -0.2) is 4.98 Å². The molecule has 1 aliphatic heterocycles. The number of fused-ring (bicyclic) bond motifs is 1. The van der Waals surface area contributed by atoms with E-state index < -0.39 is 0 Å². The monoisotopic (exact) mass is 300 g/mol. The van der Waals surface area contributed by atoms with E-state index in [4.69, 9.17) is 4.98 Å². The normalized spacial score (nSPS) is 21.0. The highest BCUT2D eigenvalue weighted by molar-refractivity contribution is 5.53. The summed E-state index contributed by atoms with van der Waals surface area (Å²) >= 11 is 0. The van der Waals surface area contributed by atoms with Gasteiger partial charge in [0, 0.05) is 44.5 Å². The van der Waals surface area contributed by atoms with Crippen LogP contribution in [0.5, 0.6) is 0 Å². The lowest BCUT2D eigenvalue weighted by molar-refractivity contribution is 0.0453. The van der Waals surface area contributed by atoms with Gasteiger partial charge in [-0.2, -0.15) is 0 Å². The molecule has 0 N–H and O–H groups in total. The van der Waals surface area contributed by atoms with Gasteiger partial charge >= 0.3 is 0 Å². The number of hydrogen-bond acceptors (Lipinski definition) is 3. The van der Waals surface area contributed by atoms with Gasteiger partial charge in [-0.15, -0.1) is 0 Å². The first-order valence-corrected chi connectivity index (χ1v) is 8.50. The molecule has 3 heterocycles. The number of nitrogens with zero attached hydrogens (tertiary/aromatic N) is 4. The summed E-state index contributed by atoms with van der Waals surface area (Å²) in [5.41, 5.74) is 2.46.